The van der Waals surface area contributed by atoms with Crippen molar-refractivity contribution in [3.05, 3.63) is 52.8 Å². The fraction of sp³-hybridized carbons (Fsp3) is 0.455. The van der Waals surface area contributed by atoms with E-state index in [-0.39, 0.29) is 11.7 Å². The molecule has 0 bridgehead atoms. The van der Waals surface area contributed by atoms with Crippen LogP contribution in [0.5, 0.6) is 5.75 Å². The van der Waals surface area contributed by atoms with Crippen molar-refractivity contribution < 1.29 is 14.3 Å². The summed E-state index contributed by atoms with van der Waals surface area (Å²) < 4.78 is 5.44. The third kappa shape index (κ3) is 5.01. The highest BCUT2D eigenvalue weighted by atomic mass is 16.5. The van der Waals surface area contributed by atoms with E-state index >= 15 is 0 Å². The number of ketones is 1. The van der Waals surface area contributed by atoms with E-state index in [2.05, 4.69) is 9.88 Å². The van der Waals surface area contributed by atoms with Crippen LogP contribution in [0.1, 0.15) is 34.2 Å². The summed E-state index contributed by atoms with van der Waals surface area (Å²) in [6.07, 6.45) is 0.396. The van der Waals surface area contributed by atoms with Crippen molar-refractivity contribution in [3.8, 4) is 5.75 Å². The van der Waals surface area contributed by atoms with Gasteiger partial charge in [-0.05, 0) is 44.5 Å². The third-order valence-corrected chi connectivity index (χ3v) is 5.13. The lowest BCUT2D eigenvalue weighted by atomic mass is 10.1. The molecule has 6 heteroatoms. The lowest BCUT2D eigenvalue weighted by Gasteiger charge is -2.34. The van der Waals surface area contributed by atoms with Crippen LogP contribution in [-0.2, 0) is 11.2 Å². The first-order valence-corrected chi connectivity index (χ1v) is 9.87. The smallest absolute Gasteiger partial charge is 0.227 e. The van der Waals surface area contributed by atoms with E-state index in [0.29, 0.717) is 32.7 Å². The second kappa shape index (κ2) is 9.06. The maximum absolute atomic E-state index is 12.6. The molecule has 1 aromatic heterocycles. The summed E-state index contributed by atoms with van der Waals surface area (Å²) in [7, 11) is 0. The Kier molecular flexibility index (Phi) is 6.52. The number of nitrogens with zero attached hydrogens (tertiary/aromatic N) is 2. The fourth-order valence-electron chi connectivity index (χ4n) is 3.61. The first-order valence-electron chi connectivity index (χ1n) is 9.87. The molecule has 6 nitrogen and oxygen atoms in total. The molecule has 28 heavy (non-hydrogen) atoms. The van der Waals surface area contributed by atoms with Crippen molar-refractivity contribution in [1.29, 1.82) is 0 Å². The monoisotopic (exact) mass is 383 g/mol. The number of hydrogen-bond acceptors (Lipinski definition) is 4. The zero-order chi connectivity index (χ0) is 20.1. The summed E-state index contributed by atoms with van der Waals surface area (Å²) in [5.41, 5.74) is 3.69. The lowest BCUT2D eigenvalue weighted by Crippen LogP contribution is -2.50. The number of carbonyl (C=O) groups is 2. The van der Waals surface area contributed by atoms with E-state index in [4.69, 9.17) is 4.74 Å². The lowest BCUT2D eigenvalue weighted by molar-refractivity contribution is -0.132. The molecule has 1 amide bonds. The molecular weight excluding hydrogens is 354 g/mol. The number of aromatic nitrogens is 1. The highest BCUT2D eigenvalue weighted by Gasteiger charge is 2.23. The molecule has 0 unspecified atom stereocenters. The van der Waals surface area contributed by atoms with Crippen molar-refractivity contribution in [2.75, 3.05) is 39.3 Å². The van der Waals surface area contributed by atoms with Crippen LogP contribution < -0.4 is 4.74 Å². The van der Waals surface area contributed by atoms with Crippen LogP contribution in [0, 0.1) is 13.8 Å². The number of ether oxygens (including phenoxy) is 1. The summed E-state index contributed by atoms with van der Waals surface area (Å²) >= 11 is 0. The number of carbonyl (C=O) groups excluding carboxylic acids is 2. The van der Waals surface area contributed by atoms with Gasteiger partial charge in [0.1, 0.15) is 5.75 Å². The molecule has 1 fully saturated rings. The van der Waals surface area contributed by atoms with Gasteiger partial charge in [-0.2, -0.15) is 0 Å². The highest BCUT2D eigenvalue weighted by molar-refractivity contribution is 5.98. The molecule has 2 heterocycles. The Bertz CT molecular complexity index is 818. The van der Waals surface area contributed by atoms with Gasteiger partial charge in [-0.15, -0.1) is 0 Å². The van der Waals surface area contributed by atoms with Crippen molar-refractivity contribution in [2.45, 2.75) is 27.2 Å². The summed E-state index contributed by atoms with van der Waals surface area (Å²) in [5, 5.41) is 0. The van der Waals surface area contributed by atoms with Gasteiger partial charge in [0.05, 0.1) is 19.6 Å². The molecule has 1 saturated heterocycles. The average Bonchev–Trinajstić information content (AvgIpc) is 3.02. The number of H-pyrrole nitrogens is 1. The van der Waals surface area contributed by atoms with Crippen LogP contribution in [0.25, 0.3) is 0 Å². The summed E-state index contributed by atoms with van der Waals surface area (Å²) in [5.74, 6) is 1.09. The molecule has 3 rings (SSSR count). The van der Waals surface area contributed by atoms with Crippen LogP contribution in [0.2, 0.25) is 0 Å². The predicted molar refractivity (Wildman–Crippen MR) is 109 cm³/mol. The minimum atomic E-state index is 0.132. The summed E-state index contributed by atoms with van der Waals surface area (Å²) in [4.78, 5) is 32.3. The topological polar surface area (TPSA) is 65.6 Å². The van der Waals surface area contributed by atoms with Crippen LogP contribution in [-0.4, -0.2) is 65.8 Å². The van der Waals surface area contributed by atoms with Gasteiger partial charge in [-0.25, -0.2) is 0 Å². The zero-order valence-electron chi connectivity index (χ0n) is 17.0. The van der Waals surface area contributed by atoms with E-state index in [1.54, 1.807) is 0 Å². The molecule has 0 radical (unpaired) electrons. The first kappa shape index (κ1) is 20.1. The van der Waals surface area contributed by atoms with Crippen LogP contribution >= 0.6 is 0 Å². The SMILES string of the molecule is CCOc1ccc(CC(=O)N2CCN(CC(=O)c3cc(C)[nH]c3C)CC2)cc1. The first-order chi connectivity index (χ1) is 13.5. The number of nitrogens with one attached hydrogen (secondary N) is 1. The van der Waals surface area contributed by atoms with E-state index in [1.165, 1.54) is 0 Å². The van der Waals surface area contributed by atoms with Crippen molar-refractivity contribution in [1.82, 2.24) is 14.8 Å². The minimum absolute atomic E-state index is 0.132. The normalized spacial score (nSPS) is 14.9. The number of benzene rings is 1. The Hall–Kier alpha value is -2.60. The van der Waals surface area contributed by atoms with Crippen molar-refractivity contribution >= 4 is 11.7 Å². The minimum Gasteiger partial charge on any atom is -0.494 e. The fourth-order valence-corrected chi connectivity index (χ4v) is 3.61. The number of rotatable bonds is 7. The third-order valence-electron chi connectivity index (χ3n) is 5.13. The van der Waals surface area contributed by atoms with Crippen LogP contribution in [0.15, 0.2) is 30.3 Å². The van der Waals surface area contributed by atoms with Crippen molar-refractivity contribution in [2.24, 2.45) is 0 Å². The van der Waals surface area contributed by atoms with Gasteiger partial charge in [0.25, 0.3) is 0 Å². The number of hydrogen-bond donors (Lipinski definition) is 1. The Morgan fingerprint density at radius 2 is 1.75 bits per heavy atom. The van der Waals surface area contributed by atoms with Gasteiger partial charge in [0, 0.05) is 43.1 Å². The second-order valence-corrected chi connectivity index (χ2v) is 7.32. The van der Waals surface area contributed by atoms with E-state index in [0.717, 1.165) is 41.4 Å². The van der Waals surface area contributed by atoms with Gasteiger partial charge < -0.3 is 14.6 Å². The molecular formula is C22H29N3O3. The predicted octanol–water partition coefficient (Wildman–Crippen LogP) is 2.60. The maximum atomic E-state index is 12.6. The largest absolute Gasteiger partial charge is 0.494 e. The highest BCUT2D eigenvalue weighted by Crippen LogP contribution is 2.15. The zero-order valence-corrected chi connectivity index (χ0v) is 17.0. The van der Waals surface area contributed by atoms with E-state index in [9.17, 15) is 9.59 Å². The Labute approximate surface area is 166 Å². The number of Topliss-reactive ketones (excluding diaryl/α,β-unsaturated/α-hetero) is 1. The van der Waals surface area contributed by atoms with Gasteiger partial charge in [0.15, 0.2) is 5.78 Å². The molecule has 0 atom stereocenters. The second-order valence-electron chi connectivity index (χ2n) is 7.32. The Morgan fingerprint density at radius 3 is 2.32 bits per heavy atom. The molecule has 1 aliphatic heterocycles. The quantitative estimate of drug-likeness (QED) is 0.747. The van der Waals surface area contributed by atoms with Gasteiger partial charge >= 0.3 is 0 Å². The molecule has 1 aromatic carbocycles. The van der Waals surface area contributed by atoms with Crippen LogP contribution in [0.4, 0.5) is 0 Å². The Balaban J connectivity index is 1.47. The molecule has 150 valence electrons. The number of aromatic amines is 1. The van der Waals surface area contributed by atoms with Gasteiger partial charge in [0.2, 0.25) is 5.91 Å². The summed E-state index contributed by atoms with van der Waals surface area (Å²) in [6.45, 7) is 9.64. The molecule has 1 aliphatic rings. The van der Waals surface area contributed by atoms with E-state index in [1.807, 2.05) is 56.0 Å². The maximum Gasteiger partial charge on any atom is 0.227 e. The van der Waals surface area contributed by atoms with Crippen LogP contribution in [0.3, 0.4) is 0 Å². The van der Waals surface area contributed by atoms with Crippen molar-refractivity contribution in [3.63, 3.8) is 0 Å². The van der Waals surface area contributed by atoms with E-state index < -0.39 is 0 Å². The molecule has 2 aromatic rings. The van der Waals surface area contributed by atoms with Gasteiger partial charge in [-0.3, -0.25) is 14.5 Å². The standard InChI is InChI=1S/C22H29N3O3/c1-4-28-19-7-5-18(6-8-19)14-22(27)25-11-9-24(10-12-25)15-21(26)20-13-16(2)23-17(20)3/h5-8,13,23H,4,9-12,14-15H2,1-3H3. The molecule has 0 aliphatic carbocycles. The van der Waals surface area contributed by atoms with Gasteiger partial charge in [-0.1, -0.05) is 12.1 Å². The number of aryl methyl sites for hydroxylation is 2. The molecule has 0 saturated carbocycles. The Morgan fingerprint density at radius 1 is 1.07 bits per heavy atom. The summed E-state index contributed by atoms with van der Waals surface area (Å²) in [6, 6.07) is 9.60. The number of amides is 1. The number of piperazine rings is 1. The molecule has 1 N–H and O–H groups in total. The average molecular weight is 383 g/mol. The molecule has 0 spiro atoms.